The van der Waals surface area contributed by atoms with Gasteiger partial charge in [0.05, 0.1) is 0 Å². The average Bonchev–Trinajstić information content (AvgIpc) is 3.18. The normalized spacial score (nSPS) is 15.3. The van der Waals surface area contributed by atoms with Crippen molar-refractivity contribution in [3.05, 3.63) is 29.8 Å². The number of carbonyl (C=O) groups is 1. The minimum atomic E-state index is -0.0631. The number of hydrogen-bond acceptors (Lipinski definition) is 2. The standard InChI is InChI=1S/C16H24N2O.ClH/c1-3-8-16(9-10-16)15(19)18-14-7-5-6-13(11-14)12-17-4-2;/h5-7,11,17H,3-4,8-10,12H2,1-2H3,(H,18,19);1H. The molecule has 0 unspecified atom stereocenters. The molecule has 1 saturated carbocycles. The van der Waals surface area contributed by atoms with Crippen LogP contribution >= 0.6 is 12.4 Å². The molecule has 0 bridgehead atoms. The molecule has 0 spiro atoms. The molecule has 0 radical (unpaired) electrons. The number of hydrogen-bond donors (Lipinski definition) is 2. The Bertz CT molecular complexity index is 444. The number of halogens is 1. The van der Waals surface area contributed by atoms with Crippen LogP contribution in [0.15, 0.2) is 24.3 Å². The van der Waals surface area contributed by atoms with Gasteiger partial charge in [0.2, 0.25) is 5.91 Å². The summed E-state index contributed by atoms with van der Waals surface area (Å²) in [6, 6.07) is 8.11. The van der Waals surface area contributed by atoms with Crippen LogP contribution in [0.3, 0.4) is 0 Å². The predicted octanol–water partition coefficient (Wildman–Crippen LogP) is 3.74. The molecule has 1 aromatic rings. The molecule has 0 aliphatic heterocycles. The van der Waals surface area contributed by atoms with Gasteiger partial charge in [0.15, 0.2) is 0 Å². The quantitative estimate of drug-likeness (QED) is 0.805. The van der Waals surface area contributed by atoms with Crippen molar-refractivity contribution in [1.82, 2.24) is 5.32 Å². The molecule has 1 aliphatic carbocycles. The Morgan fingerprint density at radius 3 is 2.65 bits per heavy atom. The van der Waals surface area contributed by atoms with Crippen molar-refractivity contribution < 1.29 is 4.79 Å². The fourth-order valence-electron chi connectivity index (χ4n) is 2.51. The van der Waals surface area contributed by atoms with Gasteiger partial charge < -0.3 is 10.6 Å². The van der Waals surface area contributed by atoms with E-state index in [0.717, 1.165) is 44.5 Å². The molecule has 1 amide bonds. The number of rotatable bonds is 7. The Morgan fingerprint density at radius 1 is 1.30 bits per heavy atom. The van der Waals surface area contributed by atoms with E-state index in [1.54, 1.807) is 0 Å². The number of anilines is 1. The topological polar surface area (TPSA) is 41.1 Å². The summed E-state index contributed by atoms with van der Waals surface area (Å²) in [4.78, 5) is 12.3. The van der Waals surface area contributed by atoms with Gasteiger partial charge in [-0.05, 0) is 43.5 Å². The summed E-state index contributed by atoms with van der Waals surface area (Å²) in [5.41, 5.74) is 2.06. The van der Waals surface area contributed by atoms with Gasteiger partial charge in [0.1, 0.15) is 0 Å². The summed E-state index contributed by atoms with van der Waals surface area (Å²) in [7, 11) is 0. The first-order chi connectivity index (χ1) is 9.20. The van der Waals surface area contributed by atoms with Crippen molar-refractivity contribution in [2.75, 3.05) is 11.9 Å². The third-order valence-electron chi connectivity index (χ3n) is 3.83. The van der Waals surface area contributed by atoms with Crippen LogP contribution in [0.1, 0.15) is 45.1 Å². The molecule has 112 valence electrons. The predicted molar refractivity (Wildman–Crippen MR) is 86.3 cm³/mol. The SMILES string of the molecule is CCCC1(C(=O)Nc2cccc(CNCC)c2)CC1.Cl. The fraction of sp³-hybridized carbons (Fsp3) is 0.562. The Labute approximate surface area is 127 Å². The molecule has 0 atom stereocenters. The van der Waals surface area contributed by atoms with Crippen LogP contribution in [-0.2, 0) is 11.3 Å². The molecule has 3 nitrogen and oxygen atoms in total. The zero-order valence-electron chi connectivity index (χ0n) is 12.4. The molecular weight excluding hydrogens is 272 g/mol. The zero-order chi connectivity index (χ0) is 13.7. The Kier molecular flexibility index (Phi) is 6.50. The van der Waals surface area contributed by atoms with Crippen LogP contribution in [0.2, 0.25) is 0 Å². The largest absolute Gasteiger partial charge is 0.326 e. The van der Waals surface area contributed by atoms with Gasteiger partial charge in [-0.25, -0.2) is 0 Å². The van der Waals surface area contributed by atoms with Crippen LogP contribution in [0.5, 0.6) is 0 Å². The summed E-state index contributed by atoms with van der Waals surface area (Å²) in [5, 5.41) is 6.37. The monoisotopic (exact) mass is 296 g/mol. The van der Waals surface area contributed by atoms with Gasteiger partial charge in [0.25, 0.3) is 0 Å². The third kappa shape index (κ3) is 4.22. The van der Waals surface area contributed by atoms with E-state index in [0.29, 0.717) is 0 Å². The van der Waals surface area contributed by atoms with Crippen molar-refractivity contribution in [3.63, 3.8) is 0 Å². The number of amides is 1. The second kappa shape index (κ2) is 7.65. The van der Waals surface area contributed by atoms with Crippen LogP contribution in [0, 0.1) is 5.41 Å². The molecule has 0 aromatic heterocycles. The summed E-state index contributed by atoms with van der Waals surface area (Å²) in [5.74, 6) is 0.204. The summed E-state index contributed by atoms with van der Waals surface area (Å²) in [6.45, 7) is 6.04. The molecule has 2 rings (SSSR count). The lowest BCUT2D eigenvalue weighted by atomic mass is 9.99. The summed E-state index contributed by atoms with van der Waals surface area (Å²) in [6.07, 6.45) is 4.18. The van der Waals surface area contributed by atoms with Gasteiger partial charge in [0, 0.05) is 17.6 Å². The summed E-state index contributed by atoms with van der Waals surface area (Å²) < 4.78 is 0. The van der Waals surface area contributed by atoms with E-state index < -0.39 is 0 Å². The first-order valence-electron chi connectivity index (χ1n) is 7.31. The van der Waals surface area contributed by atoms with Crippen molar-refractivity contribution in [2.45, 2.75) is 46.1 Å². The molecule has 1 aliphatic rings. The summed E-state index contributed by atoms with van der Waals surface area (Å²) >= 11 is 0. The lowest BCUT2D eigenvalue weighted by molar-refractivity contribution is -0.121. The van der Waals surface area contributed by atoms with Gasteiger partial charge in [-0.1, -0.05) is 32.4 Å². The van der Waals surface area contributed by atoms with Crippen LogP contribution in [0.25, 0.3) is 0 Å². The zero-order valence-corrected chi connectivity index (χ0v) is 13.2. The molecule has 2 N–H and O–H groups in total. The lowest BCUT2D eigenvalue weighted by Crippen LogP contribution is -2.24. The highest BCUT2D eigenvalue weighted by Gasteiger charge is 2.48. The van der Waals surface area contributed by atoms with Gasteiger partial charge in [-0.15, -0.1) is 12.4 Å². The van der Waals surface area contributed by atoms with E-state index in [9.17, 15) is 4.79 Å². The molecule has 4 heteroatoms. The third-order valence-corrected chi connectivity index (χ3v) is 3.83. The minimum Gasteiger partial charge on any atom is -0.326 e. The van der Waals surface area contributed by atoms with E-state index in [1.807, 2.05) is 12.1 Å². The molecule has 20 heavy (non-hydrogen) atoms. The maximum atomic E-state index is 12.3. The second-order valence-corrected chi connectivity index (χ2v) is 5.47. The van der Waals surface area contributed by atoms with E-state index in [4.69, 9.17) is 0 Å². The number of nitrogens with one attached hydrogen (secondary N) is 2. The maximum Gasteiger partial charge on any atom is 0.230 e. The highest BCUT2D eigenvalue weighted by atomic mass is 35.5. The van der Waals surface area contributed by atoms with E-state index in [-0.39, 0.29) is 23.7 Å². The first-order valence-corrected chi connectivity index (χ1v) is 7.31. The first kappa shape index (κ1) is 17.0. The van der Waals surface area contributed by atoms with Crippen molar-refractivity contribution in [3.8, 4) is 0 Å². The smallest absolute Gasteiger partial charge is 0.230 e. The number of carbonyl (C=O) groups excluding carboxylic acids is 1. The molecule has 0 heterocycles. The number of benzene rings is 1. The molecule has 1 aromatic carbocycles. The Morgan fingerprint density at radius 2 is 2.05 bits per heavy atom. The average molecular weight is 297 g/mol. The molecular formula is C16H25ClN2O. The van der Waals surface area contributed by atoms with Gasteiger partial charge in [-0.2, -0.15) is 0 Å². The lowest BCUT2D eigenvalue weighted by Gasteiger charge is -2.14. The Balaban J connectivity index is 0.00000200. The van der Waals surface area contributed by atoms with Gasteiger partial charge >= 0.3 is 0 Å². The van der Waals surface area contributed by atoms with Crippen molar-refractivity contribution in [1.29, 1.82) is 0 Å². The highest BCUT2D eigenvalue weighted by molar-refractivity contribution is 5.97. The molecule has 0 saturated heterocycles. The maximum absolute atomic E-state index is 12.3. The second-order valence-electron chi connectivity index (χ2n) is 5.47. The molecule has 1 fully saturated rings. The van der Waals surface area contributed by atoms with E-state index >= 15 is 0 Å². The van der Waals surface area contributed by atoms with Crippen LogP contribution < -0.4 is 10.6 Å². The highest BCUT2D eigenvalue weighted by Crippen LogP contribution is 2.50. The van der Waals surface area contributed by atoms with Gasteiger partial charge in [-0.3, -0.25) is 4.79 Å². The van der Waals surface area contributed by atoms with E-state index in [2.05, 4.69) is 36.6 Å². The van der Waals surface area contributed by atoms with Crippen molar-refractivity contribution in [2.24, 2.45) is 5.41 Å². The van der Waals surface area contributed by atoms with Crippen molar-refractivity contribution >= 4 is 24.0 Å². The fourth-order valence-corrected chi connectivity index (χ4v) is 2.51. The van der Waals surface area contributed by atoms with Crippen LogP contribution in [-0.4, -0.2) is 12.5 Å². The Hall–Kier alpha value is -1.06. The minimum absolute atomic E-state index is 0. The van der Waals surface area contributed by atoms with E-state index in [1.165, 1.54) is 5.56 Å². The van der Waals surface area contributed by atoms with Crippen LogP contribution in [0.4, 0.5) is 5.69 Å².